The van der Waals surface area contributed by atoms with E-state index in [1.54, 1.807) is 6.92 Å². The van der Waals surface area contributed by atoms with Crippen LogP contribution < -0.4 is 17.2 Å². The summed E-state index contributed by atoms with van der Waals surface area (Å²) in [5, 5.41) is 0. The molecular weight excluding hydrogens is 134 g/mol. The molecule has 0 aromatic carbocycles. The van der Waals surface area contributed by atoms with Crippen LogP contribution in [0, 0.1) is 0 Å². The quantitative estimate of drug-likeness (QED) is 0.332. The average molecular weight is 147 g/mol. The lowest BCUT2D eigenvalue weighted by Gasteiger charge is -2.21. The Bertz CT molecular complexity index is 124. The molecule has 0 unspecified atom stereocenters. The Balaban J connectivity index is 3.76. The Hall–Kier alpha value is -0.650. The first-order valence-electron chi connectivity index (χ1n) is 3.01. The molecule has 0 spiro atoms. The summed E-state index contributed by atoms with van der Waals surface area (Å²) in [5.74, 6) is -1.96. The lowest BCUT2D eigenvalue weighted by Crippen LogP contribution is -2.53. The normalized spacial score (nSPS) is 11.2. The predicted molar refractivity (Wildman–Crippen MR) is 36.5 cm³/mol. The fourth-order valence-corrected chi connectivity index (χ4v) is 0.326. The Morgan fingerprint density at radius 1 is 1.60 bits per heavy atom. The van der Waals surface area contributed by atoms with E-state index in [9.17, 15) is 4.79 Å². The second kappa shape index (κ2) is 3.50. The van der Waals surface area contributed by atoms with Crippen LogP contribution in [0.15, 0.2) is 0 Å². The first-order chi connectivity index (χ1) is 4.52. The van der Waals surface area contributed by atoms with Crippen molar-refractivity contribution >= 4 is 5.97 Å². The summed E-state index contributed by atoms with van der Waals surface area (Å²) in [6, 6.07) is 0. The van der Waals surface area contributed by atoms with Crippen LogP contribution >= 0.6 is 0 Å². The third-order valence-electron chi connectivity index (χ3n) is 1.02. The molecule has 5 nitrogen and oxygen atoms in total. The molecule has 0 fully saturated rings. The van der Waals surface area contributed by atoms with Gasteiger partial charge in [0.25, 0.3) is 0 Å². The molecule has 0 aliphatic heterocycles. The Kier molecular flexibility index (Phi) is 3.27. The highest BCUT2D eigenvalue weighted by molar-refractivity contribution is 5.71. The largest absolute Gasteiger partial charge is 0.430 e. The zero-order valence-corrected chi connectivity index (χ0v) is 5.96. The maximum Gasteiger partial charge on any atom is 0.322 e. The highest BCUT2D eigenvalue weighted by Crippen LogP contribution is 1.98. The van der Waals surface area contributed by atoms with E-state index >= 15 is 0 Å². The highest BCUT2D eigenvalue weighted by Gasteiger charge is 2.20. The van der Waals surface area contributed by atoms with Crippen LogP contribution in [0.25, 0.3) is 0 Å². The van der Waals surface area contributed by atoms with Gasteiger partial charge in [-0.1, -0.05) is 6.92 Å². The summed E-state index contributed by atoms with van der Waals surface area (Å²) in [6.07, 6.45) is 0.360. The van der Waals surface area contributed by atoms with E-state index in [1.165, 1.54) is 0 Å². The Morgan fingerprint density at radius 2 is 2.10 bits per heavy atom. The Labute approximate surface area is 59.5 Å². The number of rotatable bonds is 3. The number of nitrogens with two attached hydrogens (primary N) is 3. The summed E-state index contributed by atoms with van der Waals surface area (Å²) < 4.78 is 4.53. The van der Waals surface area contributed by atoms with Crippen LogP contribution in [-0.4, -0.2) is 18.4 Å². The maximum atomic E-state index is 10.5. The van der Waals surface area contributed by atoms with Gasteiger partial charge in [0.15, 0.2) is 0 Å². The molecule has 0 saturated heterocycles. The summed E-state index contributed by atoms with van der Waals surface area (Å²) >= 11 is 0. The molecule has 0 aromatic heterocycles. The van der Waals surface area contributed by atoms with Crippen molar-refractivity contribution in [1.82, 2.24) is 0 Å². The minimum absolute atomic E-state index is 0.198. The van der Waals surface area contributed by atoms with Gasteiger partial charge >= 0.3 is 5.97 Å². The first-order valence-corrected chi connectivity index (χ1v) is 3.01. The number of ether oxygens (including phenoxy) is 1. The van der Waals surface area contributed by atoms with Gasteiger partial charge in [-0.2, -0.15) is 0 Å². The third kappa shape index (κ3) is 3.39. The smallest absolute Gasteiger partial charge is 0.322 e. The van der Waals surface area contributed by atoms with Crippen LogP contribution in [0.3, 0.4) is 0 Å². The average Bonchev–Trinajstić information content (AvgIpc) is 1.87. The summed E-state index contributed by atoms with van der Waals surface area (Å²) in [4.78, 5) is 10.5. The molecule has 0 aromatic rings. The molecule has 0 heterocycles. The van der Waals surface area contributed by atoms with E-state index < -0.39 is 11.8 Å². The van der Waals surface area contributed by atoms with E-state index in [0.717, 1.165) is 0 Å². The lowest BCUT2D eigenvalue weighted by molar-refractivity contribution is -0.157. The van der Waals surface area contributed by atoms with Crippen LogP contribution in [0.4, 0.5) is 0 Å². The minimum atomic E-state index is -1.36. The molecule has 0 bridgehead atoms. The van der Waals surface area contributed by atoms with Crippen LogP contribution in [0.5, 0.6) is 0 Å². The molecule has 0 radical (unpaired) electrons. The van der Waals surface area contributed by atoms with Crippen molar-refractivity contribution < 1.29 is 9.53 Å². The third-order valence-corrected chi connectivity index (χ3v) is 1.02. The molecular formula is C5H13N3O2. The van der Waals surface area contributed by atoms with Crippen molar-refractivity contribution in [2.75, 3.05) is 6.54 Å². The number of hydrogen-bond acceptors (Lipinski definition) is 5. The van der Waals surface area contributed by atoms with Crippen molar-refractivity contribution in [3.63, 3.8) is 0 Å². The van der Waals surface area contributed by atoms with E-state index in [2.05, 4.69) is 4.74 Å². The van der Waals surface area contributed by atoms with Gasteiger partial charge in [0.05, 0.1) is 6.54 Å². The van der Waals surface area contributed by atoms with E-state index in [-0.39, 0.29) is 6.54 Å². The van der Waals surface area contributed by atoms with Gasteiger partial charge in [-0.15, -0.1) is 0 Å². The van der Waals surface area contributed by atoms with Crippen LogP contribution in [0.2, 0.25) is 0 Å². The molecule has 0 rings (SSSR count). The van der Waals surface area contributed by atoms with E-state index in [1.807, 2.05) is 0 Å². The van der Waals surface area contributed by atoms with Crippen molar-refractivity contribution in [3.05, 3.63) is 0 Å². The van der Waals surface area contributed by atoms with Crippen LogP contribution in [-0.2, 0) is 9.53 Å². The van der Waals surface area contributed by atoms with Crippen molar-refractivity contribution in [2.24, 2.45) is 17.2 Å². The minimum Gasteiger partial charge on any atom is -0.430 e. The second-order valence-corrected chi connectivity index (χ2v) is 1.99. The standard InChI is InChI=1S/C5H13N3O2/c1-2-5(7,8)10-4(9)3-6/h2-3,6-8H2,1H3. The molecule has 6 N–H and O–H groups in total. The topological polar surface area (TPSA) is 104 Å². The van der Waals surface area contributed by atoms with E-state index in [4.69, 9.17) is 17.2 Å². The zero-order chi connectivity index (χ0) is 8.20. The van der Waals surface area contributed by atoms with E-state index in [0.29, 0.717) is 6.42 Å². The summed E-state index contributed by atoms with van der Waals surface area (Å²) in [6.45, 7) is 1.51. The summed E-state index contributed by atoms with van der Waals surface area (Å²) in [5.41, 5.74) is 15.5. The molecule has 60 valence electrons. The molecule has 0 aliphatic rings. The van der Waals surface area contributed by atoms with Crippen LogP contribution in [0.1, 0.15) is 13.3 Å². The summed E-state index contributed by atoms with van der Waals surface area (Å²) in [7, 11) is 0. The predicted octanol–water partition coefficient (Wildman–Crippen LogP) is -1.53. The van der Waals surface area contributed by atoms with Gasteiger partial charge in [0.2, 0.25) is 5.85 Å². The highest BCUT2D eigenvalue weighted by atomic mass is 16.6. The molecule has 0 saturated carbocycles. The second-order valence-electron chi connectivity index (χ2n) is 1.99. The number of hydrogen-bond donors (Lipinski definition) is 3. The molecule has 0 amide bonds. The SMILES string of the molecule is CCC(N)(N)OC(=O)CN. The number of carbonyl (C=O) groups excluding carboxylic acids is 1. The zero-order valence-electron chi connectivity index (χ0n) is 5.96. The maximum absolute atomic E-state index is 10.5. The Morgan fingerprint density at radius 3 is 2.40 bits per heavy atom. The molecule has 0 atom stereocenters. The van der Waals surface area contributed by atoms with Gasteiger partial charge in [-0.3, -0.25) is 16.3 Å². The van der Waals surface area contributed by atoms with Gasteiger partial charge < -0.3 is 10.5 Å². The molecule has 0 aliphatic carbocycles. The molecule has 5 heteroatoms. The van der Waals surface area contributed by atoms with Gasteiger partial charge in [0.1, 0.15) is 0 Å². The first kappa shape index (κ1) is 9.35. The van der Waals surface area contributed by atoms with Crippen molar-refractivity contribution in [2.45, 2.75) is 19.2 Å². The lowest BCUT2D eigenvalue weighted by atomic mass is 10.3. The van der Waals surface area contributed by atoms with Crippen molar-refractivity contribution in [3.8, 4) is 0 Å². The monoisotopic (exact) mass is 147 g/mol. The van der Waals surface area contributed by atoms with Crippen molar-refractivity contribution in [1.29, 1.82) is 0 Å². The number of carbonyl (C=O) groups is 1. The fraction of sp³-hybridized carbons (Fsp3) is 0.800. The van der Waals surface area contributed by atoms with Gasteiger partial charge in [-0.05, 0) is 0 Å². The van der Waals surface area contributed by atoms with Gasteiger partial charge in [0, 0.05) is 6.42 Å². The number of esters is 1. The molecule has 10 heavy (non-hydrogen) atoms. The van der Waals surface area contributed by atoms with Gasteiger partial charge in [-0.25, -0.2) is 0 Å². The fourth-order valence-electron chi connectivity index (χ4n) is 0.326.